The minimum atomic E-state index is -0.0337. The Morgan fingerprint density at radius 1 is 1.25 bits per heavy atom. The summed E-state index contributed by atoms with van der Waals surface area (Å²) in [5.74, 6) is 0.643. The number of hydrogen-bond donors (Lipinski definition) is 2. The zero-order chi connectivity index (χ0) is 27.5. The van der Waals surface area contributed by atoms with Gasteiger partial charge in [-0.1, -0.05) is 68.5 Å². The van der Waals surface area contributed by atoms with Crippen molar-refractivity contribution >= 4 is 23.2 Å². The number of thioether (sulfide) groups is 1. The zero-order valence-corrected chi connectivity index (χ0v) is 23.7. The van der Waals surface area contributed by atoms with Gasteiger partial charge in [0.1, 0.15) is 5.37 Å². The molecule has 0 spiro atoms. The van der Waals surface area contributed by atoms with Crippen molar-refractivity contribution in [3.8, 4) is 5.69 Å². The van der Waals surface area contributed by atoms with E-state index in [-0.39, 0.29) is 23.9 Å². The highest BCUT2D eigenvalue weighted by Crippen LogP contribution is 2.40. The first-order valence-corrected chi connectivity index (χ1v) is 13.3. The van der Waals surface area contributed by atoms with E-state index in [1.54, 1.807) is 16.7 Å². The van der Waals surface area contributed by atoms with E-state index >= 15 is 0 Å². The fraction of sp³-hybridized carbons (Fsp3) is 0.379. The second-order valence-corrected chi connectivity index (χ2v) is 8.55. The van der Waals surface area contributed by atoms with Crippen LogP contribution in [0.15, 0.2) is 79.6 Å². The molecule has 1 aromatic carbocycles. The number of aliphatic hydroxyl groups excluding tert-OH is 1. The molecule has 1 aliphatic rings. The molecule has 2 heterocycles. The van der Waals surface area contributed by atoms with Gasteiger partial charge in [0.2, 0.25) is 5.91 Å². The smallest absolute Gasteiger partial charge is 0.233 e. The van der Waals surface area contributed by atoms with E-state index in [9.17, 15) is 4.79 Å². The normalized spacial score (nSPS) is 16.0. The van der Waals surface area contributed by atoms with Gasteiger partial charge < -0.3 is 15.7 Å². The topological polar surface area (TPSA) is 84.4 Å². The van der Waals surface area contributed by atoms with Crippen molar-refractivity contribution in [2.45, 2.75) is 53.0 Å². The van der Waals surface area contributed by atoms with E-state index in [1.165, 1.54) is 6.08 Å². The van der Waals surface area contributed by atoms with E-state index in [2.05, 4.69) is 6.58 Å². The summed E-state index contributed by atoms with van der Waals surface area (Å²) in [4.78, 5) is 13.8. The van der Waals surface area contributed by atoms with Gasteiger partial charge in [-0.05, 0) is 45.4 Å². The van der Waals surface area contributed by atoms with Crippen LogP contribution >= 0.6 is 11.8 Å². The van der Waals surface area contributed by atoms with E-state index in [0.29, 0.717) is 5.75 Å². The SMILES string of the molecule is C/C=C(\C=C/C(C)N)c1nn(-c2ccccc2)cc1C1SCC(=O)N1C.C/C=C/C.C=CCO.CC. The Balaban J connectivity index is 0.00000106. The molecule has 0 radical (unpaired) electrons. The van der Waals surface area contributed by atoms with Crippen molar-refractivity contribution in [3.05, 3.63) is 90.8 Å². The van der Waals surface area contributed by atoms with E-state index < -0.39 is 0 Å². The molecular formula is C29H44N4O2S. The Morgan fingerprint density at radius 3 is 2.25 bits per heavy atom. The standard InChI is InChI=1S/C20H24N4OS.C4H8.C3H6O.C2H6/c1-4-15(11-10-14(2)21)19-17(20-23(3)18(25)13-26-20)12-24(22-19)16-8-6-5-7-9-16;1-3-4-2;1-2-3-4;1-2/h4-12,14,20H,13,21H2,1-3H3;3-4H,1-2H3;2,4H,1,3H2;1-2H3/b11-10-,15-4+;4-3+;;. The second kappa shape index (κ2) is 19.3. The average molecular weight is 513 g/mol. The number of nitrogens with zero attached hydrogens (tertiary/aromatic N) is 3. The number of carbonyl (C=O) groups excluding carboxylic acids is 1. The van der Waals surface area contributed by atoms with Gasteiger partial charge in [0.25, 0.3) is 0 Å². The highest BCUT2D eigenvalue weighted by atomic mass is 32.2. The van der Waals surface area contributed by atoms with Crippen molar-refractivity contribution in [2.75, 3.05) is 19.4 Å². The van der Waals surface area contributed by atoms with Crippen LogP contribution in [0.25, 0.3) is 11.3 Å². The van der Waals surface area contributed by atoms with E-state index in [0.717, 1.165) is 22.5 Å². The molecule has 1 saturated heterocycles. The summed E-state index contributed by atoms with van der Waals surface area (Å²) in [6, 6.07) is 9.96. The number of carbonyl (C=O) groups is 1. The first-order chi connectivity index (χ1) is 17.3. The average Bonchev–Trinajstić information content (AvgIpc) is 3.49. The van der Waals surface area contributed by atoms with E-state index in [1.807, 2.05) is 120 Å². The maximum absolute atomic E-state index is 12.0. The lowest BCUT2D eigenvalue weighted by molar-refractivity contribution is -0.126. The molecule has 0 saturated carbocycles. The van der Waals surface area contributed by atoms with Gasteiger partial charge in [-0.3, -0.25) is 4.79 Å². The maximum atomic E-state index is 12.0. The Kier molecular flexibility index (Phi) is 17.8. The molecule has 3 N–H and O–H groups in total. The molecule has 1 amide bonds. The summed E-state index contributed by atoms with van der Waals surface area (Å²) in [5.41, 5.74) is 9.78. The molecule has 2 atom stereocenters. The van der Waals surface area contributed by atoms with Crippen molar-refractivity contribution in [1.82, 2.24) is 14.7 Å². The number of aromatic nitrogens is 2. The third-order valence-corrected chi connectivity index (χ3v) is 6.06. The molecule has 0 bridgehead atoms. The summed E-state index contributed by atoms with van der Waals surface area (Å²) in [7, 11) is 1.85. The van der Waals surface area contributed by atoms with Crippen LogP contribution in [-0.2, 0) is 4.79 Å². The molecular weight excluding hydrogens is 468 g/mol. The van der Waals surface area contributed by atoms with Gasteiger partial charge in [0.05, 0.1) is 23.7 Å². The fourth-order valence-electron chi connectivity index (χ4n) is 2.87. The van der Waals surface area contributed by atoms with Gasteiger partial charge in [-0.2, -0.15) is 5.10 Å². The molecule has 2 unspecified atom stereocenters. The van der Waals surface area contributed by atoms with Crippen molar-refractivity contribution in [2.24, 2.45) is 5.73 Å². The quantitative estimate of drug-likeness (QED) is 0.358. The van der Waals surface area contributed by atoms with Crippen LogP contribution in [0, 0.1) is 0 Å². The maximum Gasteiger partial charge on any atom is 0.233 e. The minimum Gasteiger partial charge on any atom is -0.392 e. The molecule has 198 valence electrons. The minimum absolute atomic E-state index is 0.0327. The van der Waals surface area contributed by atoms with Gasteiger partial charge in [-0.15, -0.1) is 18.3 Å². The Labute approximate surface area is 222 Å². The molecule has 36 heavy (non-hydrogen) atoms. The summed E-state index contributed by atoms with van der Waals surface area (Å²) >= 11 is 1.63. The third-order valence-electron chi connectivity index (χ3n) is 4.77. The lowest BCUT2D eigenvalue weighted by Crippen LogP contribution is -2.23. The molecule has 3 rings (SSSR count). The number of aliphatic hydroxyl groups is 1. The van der Waals surface area contributed by atoms with Crippen LogP contribution in [-0.4, -0.2) is 51.1 Å². The molecule has 6 nitrogen and oxygen atoms in total. The number of allylic oxidation sites excluding steroid dienone is 5. The molecule has 7 heteroatoms. The Bertz CT molecular complexity index is 974. The lowest BCUT2D eigenvalue weighted by Gasteiger charge is -2.18. The first-order valence-electron chi connectivity index (χ1n) is 12.3. The Morgan fingerprint density at radius 2 is 1.83 bits per heavy atom. The predicted molar refractivity (Wildman–Crippen MR) is 157 cm³/mol. The summed E-state index contributed by atoms with van der Waals surface area (Å²) < 4.78 is 1.88. The number of para-hydroxylation sites is 1. The van der Waals surface area contributed by atoms with Gasteiger partial charge >= 0.3 is 0 Å². The first kappa shape index (κ1) is 33.1. The molecule has 1 aliphatic heterocycles. The molecule has 0 aliphatic carbocycles. The number of rotatable bonds is 6. The predicted octanol–water partition coefficient (Wildman–Crippen LogP) is 6.16. The second-order valence-electron chi connectivity index (χ2n) is 7.48. The Hall–Kier alpha value is -2.87. The molecule has 2 aromatic rings. The zero-order valence-electron chi connectivity index (χ0n) is 22.9. The number of nitrogens with two attached hydrogens (primary N) is 1. The van der Waals surface area contributed by atoms with Crippen LogP contribution in [0.4, 0.5) is 0 Å². The highest BCUT2D eigenvalue weighted by molar-refractivity contribution is 8.00. The number of hydrogen-bond acceptors (Lipinski definition) is 5. The molecule has 1 fully saturated rings. The summed E-state index contributed by atoms with van der Waals surface area (Å²) in [6.07, 6.45) is 13.5. The monoisotopic (exact) mass is 512 g/mol. The number of amides is 1. The largest absolute Gasteiger partial charge is 0.392 e. The number of benzene rings is 1. The van der Waals surface area contributed by atoms with Gasteiger partial charge in [-0.25, -0.2) is 4.68 Å². The summed E-state index contributed by atoms with van der Waals surface area (Å²) in [5, 5.41) is 12.6. The highest BCUT2D eigenvalue weighted by Gasteiger charge is 2.33. The lowest BCUT2D eigenvalue weighted by atomic mass is 10.1. The molecule has 1 aromatic heterocycles. The van der Waals surface area contributed by atoms with Crippen LogP contribution in [0.1, 0.15) is 58.2 Å². The third kappa shape index (κ3) is 10.8. The van der Waals surface area contributed by atoms with Crippen LogP contribution in [0.5, 0.6) is 0 Å². The van der Waals surface area contributed by atoms with Crippen molar-refractivity contribution < 1.29 is 9.90 Å². The van der Waals surface area contributed by atoms with Crippen LogP contribution in [0.2, 0.25) is 0 Å². The van der Waals surface area contributed by atoms with Gasteiger partial charge in [0.15, 0.2) is 0 Å². The van der Waals surface area contributed by atoms with Crippen molar-refractivity contribution in [1.29, 1.82) is 0 Å². The fourth-order valence-corrected chi connectivity index (χ4v) is 4.06. The van der Waals surface area contributed by atoms with Crippen molar-refractivity contribution in [3.63, 3.8) is 0 Å². The van der Waals surface area contributed by atoms with Crippen LogP contribution in [0.3, 0.4) is 0 Å². The van der Waals surface area contributed by atoms with Crippen LogP contribution < -0.4 is 5.73 Å². The van der Waals surface area contributed by atoms with Gasteiger partial charge in [0, 0.05) is 24.8 Å². The summed E-state index contributed by atoms with van der Waals surface area (Å²) in [6.45, 7) is 15.2. The van der Waals surface area contributed by atoms with E-state index in [4.69, 9.17) is 15.9 Å².